The normalized spacial score (nSPS) is 11.4. The number of hydrogen-bond acceptors (Lipinski definition) is 6. The first-order valence-corrected chi connectivity index (χ1v) is 10.1. The van der Waals surface area contributed by atoms with Crippen LogP contribution < -0.4 is 11.1 Å². The zero-order valence-electron chi connectivity index (χ0n) is 15.5. The summed E-state index contributed by atoms with van der Waals surface area (Å²) in [6.45, 7) is 5.72. The molecule has 0 radical (unpaired) electrons. The minimum absolute atomic E-state index is 0. The molecule has 0 atom stereocenters. The molecule has 0 aliphatic carbocycles. The van der Waals surface area contributed by atoms with Gasteiger partial charge in [-0.1, -0.05) is 13.8 Å². The van der Waals surface area contributed by atoms with E-state index in [1.807, 2.05) is 13.8 Å². The number of sulfone groups is 1. The molecule has 0 saturated carbocycles. The number of carbonyl (C=O) groups excluding carboxylic acids is 2. The summed E-state index contributed by atoms with van der Waals surface area (Å²) < 4.78 is 28.7. The van der Waals surface area contributed by atoms with E-state index in [0.29, 0.717) is 12.8 Å². The van der Waals surface area contributed by atoms with Crippen molar-refractivity contribution in [3.8, 4) is 0 Å². The largest absolute Gasteiger partial charge is 0.462 e. The standard InChI is InChI=1S/C17H26N2O5S.ClH/c1-5-17(6-2,11-18)16(21)19-13-8-12(15(20)24-7-3)9-14(10-13)25(4,22)23;/h8-10H,5-7,11,18H2,1-4H3,(H,19,21);1H. The van der Waals surface area contributed by atoms with E-state index in [1.165, 1.54) is 18.2 Å². The molecule has 1 rings (SSSR count). The number of hydrogen-bond donors (Lipinski definition) is 2. The minimum atomic E-state index is -3.57. The summed E-state index contributed by atoms with van der Waals surface area (Å²) in [6, 6.07) is 3.96. The summed E-state index contributed by atoms with van der Waals surface area (Å²) in [7, 11) is -3.57. The second-order valence-electron chi connectivity index (χ2n) is 5.88. The molecule has 0 unspecified atom stereocenters. The average molecular weight is 407 g/mol. The van der Waals surface area contributed by atoms with Crippen molar-refractivity contribution in [1.82, 2.24) is 0 Å². The lowest BCUT2D eigenvalue weighted by molar-refractivity contribution is -0.125. The maximum Gasteiger partial charge on any atom is 0.338 e. The van der Waals surface area contributed by atoms with E-state index in [1.54, 1.807) is 6.92 Å². The third kappa shape index (κ3) is 5.69. The zero-order chi connectivity index (χ0) is 19.3. The van der Waals surface area contributed by atoms with Crippen molar-refractivity contribution < 1.29 is 22.7 Å². The molecule has 0 saturated heterocycles. The van der Waals surface area contributed by atoms with Crippen molar-refractivity contribution in [3.05, 3.63) is 23.8 Å². The van der Waals surface area contributed by atoms with Crippen LogP contribution in [0.1, 0.15) is 44.0 Å². The fraction of sp³-hybridized carbons (Fsp3) is 0.529. The molecule has 3 N–H and O–H groups in total. The second-order valence-corrected chi connectivity index (χ2v) is 7.90. The molecule has 1 aromatic carbocycles. The lowest BCUT2D eigenvalue weighted by Gasteiger charge is -2.28. The number of benzene rings is 1. The van der Waals surface area contributed by atoms with Gasteiger partial charge in [0.05, 0.1) is 22.5 Å². The van der Waals surface area contributed by atoms with Crippen molar-refractivity contribution >= 4 is 39.8 Å². The molecule has 1 aromatic rings. The maximum absolute atomic E-state index is 12.6. The number of carbonyl (C=O) groups is 2. The third-order valence-corrected chi connectivity index (χ3v) is 5.42. The Morgan fingerprint density at radius 3 is 2.15 bits per heavy atom. The number of rotatable bonds is 8. The van der Waals surface area contributed by atoms with E-state index in [-0.39, 0.29) is 47.6 Å². The molecule has 148 valence electrons. The van der Waals surface area contributed by atoms with Crippen LogP contribution in [0.2, 0.25) is 0 Å². The van der Waals surface area contributed by atoms with E-state index in [0.717, 1.165) is 6.26 Å². The minimum Gasteiger partial charge on any atom is -0.462 e. The SMILES string of the molecule is CCOC(=O)c1cc(NC(=O)C(CC)(CC)CN)cc(S(C)(=O)=O)c1.Cl. The topological polar surface area (TPSA) is 116 Å². The average Bonchev–Trinajstić information content (AvgIpc) is 2.56. The van der Waals surface area contributed by atoms with Gasteiger partial charge in [0.2, 0.25) is 5.91 Å². The summed E-state index contributed by atoms with van der Waals surface area (Å²) in [5.41, 5.74) is 5.30. The Hall–Kier alpha value is -1.64. The van der Waals surface area contributed by atoms with Crippen LogP contribution in [0.25, 0.3) is 0 Å². The van der Waals surface area contributed by atoms with E-state index >= 15 is 0 Å². The molecule has 0 aliphatic heterocycles. The third-order valence-electron chi connectivity index (χ3n) is 4.33. The van der Waals surface area contributed by atoms with Crippen molar-refractivity contribution in [2.75, 3.05) is 24.7 Å². The smallest absolute Gasteiger partial charge is 0.338 e. The van der Waals surface area contributed by atoms with Crippen LogP contribution in [-0.4, -0.2) is 39.7 Å². The van der Waals surface area contributed by atoms with Gasteiger partial charge in [0.15, 0.2) is 9.84 Å². The number of ether oxygens (including phenoxy) is 1. The van der Waals surface area contributed by atoms with E-state index in [9.17, 15) is 18.0 Å². The Kier molecular flexibility index (Phi) is 9.27. The number of nitrogens with one attached hydrogen (secondary N) is 1. The summed E-state index contributed by atoms with van der Waals surface area (Å²) >= 11 is 0. The van der Waals surface area contributed by atoms with Crippen LogP contribution in [-0.2, 0) is 19.4 Å². The van der Waals surface area contributed by atoms with Gasteiger partial charge < -0.3 is 15.8 Å². The molecule has 0 heterocycles. The van der Waals surface area contributed by atoms with Gasteiger partial charge in [0.25, 0.3) is 0 Å². The van der Waals surface area contributed by atoms with Crippen LogP contribution >= 0.6 is 12.4 Å². The van der Waals surface area contributed by atoms with Gasteiger partial charge in [-0.2, -0.15) is 0 Å². The first-order chi connectivity index (χ1) is 11.6. The highest BCUT2D eigenvalue weighted by Crippen LogP contribution is 2.28. The van der Waals surface area contributed by atoms with Crippen LogP contribution in [0.3, 0.4) is 0 Å². The predicted octanol–water partition coefficient (Wildman–Crippen LogP) is 2.39. The first kappa shape index (κ1) is 24.4. The Balaban J connectivity index is 0.00000625. The highest BCUT2D eigenvalue weighted by Gasteiger charge is 2.33. The van der Waals surface area contributed by atoms with Gasteiger partial charge in [0.1, 0.15) is 0 Å². The number of esters is 1. The Bertz CT molecular complexity index is 737. The highest BCUT2D eigenvalue weighted by atomic mass is 35.5. The van der Waals surface area contributed by atoms with E-state index in [4.69, 9.17) is 10.5 Å². The number of amides is 1. The van der Waals surface area contributed by atoms with Crippen LogP contribution in [0.5, 0.6) is 0 Å². The molecule has 7 nitrogen and oxygen atoms in total. The molecule has 26 heavy (non-hydrogen) atoms. The van der Waals surface area contributed by atoms with E-state index in [2.05, 4.69) is 5.32 Å². The summed E-state index contributed by atoms with van der Waals surface area (Å²) in [5.74, 6) is -0.958. The summed E-state index contributed by atoms with van der Waals surface area (Å²) in [5, 5.41) is 2.69. The first-order valence-electron chi connectivity index (χ1n) is 8.17. The van der Waals surface area contributed by atoms with Gasteiger partial charge >= 0.3 is 5.97 Å². The molecule has 0 fully saturated rings. The summed E-state index contributed by atoms with van der Waals surface area (Å²) in [4.78, 5) is 24.5. The molecule has 9 heteroatoms. The number of anilines is 1. The van der Waals surface area contributed by atoms with Gasteiger partial charge in [-0.05, 0) is 38.0 Å². The van der Waals surface area contributed by atoms with Crippen LogP contribution in [0.4, 0.5) is 5.69 Å². The molecule has 1 amide bonds. The van der Waals surface area contributed by atoms with Gasteiger partial charge in [-0.15, -0.1) is 12.4 Å². The predicted molar refractivity (Wildman–Crippen MR) is 103 cm³/mol. The van der Waals surface area contributed by atoms with Gasteiger partial charge in [0, 0.05) is 18.5 Å². The zero-order valence-corrected chi connectivity index (χ0v) is 17.1. The Morgan fingerprint density at radius 1 is 1.15 bits per heavy atom. The molecule has 0 bridgehead atoms. The Morgan fingerprint density at radius 2 is 1.73 bits per heavy atom. The maximum atomic E-state index is 12.6. The quantitative estimate of drug-likeness (QED) is 0.640. The van der Waals surface area contributed by atoms with E-state index < -0.39 is 21.2 Å². The number of halogens is 1. The Labute approximate surface area is 161 Å². The lowest BCUT2D eigenvalue weighted by Crippen LogP contribution is -2.41. The fourth-order valence-electron chi connectivity index (χ4n) is 2.43. The molecule has 0 spiro atoms. The fourth-order valence-corrected chi connectivity index (χ4v) is 3.12. The van der Waals surface area contributed by atoms with Crippen molar-refractivity contribution in [1.29, 1.82) is 0 Å². The van der Waals surface area contributed by atoms with Crippen molar-refractivity contribution in [2.45, 2.75) is 38.5 Å². The lowest BCUT2D eigenvalue weighted by atomic mass is 9.81. The monoisotopic (exact) mass is 406 g/mol. The van der Waals surface area contributed by atoms with Crippen LogP contribution in [0.15, 0.2) is 23.1 Å². The molecular weight excluding hydrogens is 380 g/mol. The summed E-state index contributed by atoms with van der Waals surface area (Å²) in [6.07, 6.45) is 2.12. The molecular formula is C17H27ClN2O5S. The second kappa shape index (κ2) is 9.89. The molecule has 0 aliphatic rings. The van der Waals surface area contributed by atoms with Gasteiger partial charge in [-0.25, -0.2) is 13.2 Å². The van der Waals surface area contributed by atoms with Crippen LogP contribution in [0, 0.1) is 5.41 Å². The molecule has 0 aromatic heterocycles. The van der Waals surface area contributed by atoms with Crippen molar-refractivity contribution in [3.63, 3.8) is 0 Å². The number of nitrogens with two attached hydrogens (primary N) is 1. The van der Waals surface area contributed by atoms with Crippen molar-refractivity contribution in [2.24, 2.45) is 11.1 Å². The highest BCUT2D eigenvalue weighted by molar-refractivity contribution is 7.90. The van der Waals surface area contributed by atoms with Gasteiger partial charge in [-0.3, -0.25) is 4.79 Å².